The van der Waals surface area contributed by atoms with Crippen molar-refractivity contribution >= 4 is 10.0 Å². The molecule has 0 unspecified atom stereocenters. The average molecular weight is 275 g/mol. The molecular weight excluding hydrogens is 254 g/mol. The smallest absolute Gasteiger partial charge is 0.244 e. The second-order valence-electron chi connectivity index (χ2n) is 3.88. The number of aromatic amines is 1. The van der Waals surface area contributed by atoms with E-state index in [1.807, 2.05) is 14.0 Å². The standard InChI is InChI=1S/C11H21N3O3S/c1-4-14(5-6-17-3)18(15,16)11-7-10(8-12-2)13-9-11/h7,9,12-13H,4-6,8H2,1-3H3. The fraction of sp³-hybridized carbons (Fsp3) is 0.636. The number of nitrogens with zero attached hydrogens (tertiary/aromatic N) is 1. The maximum absolute atomic E-state index is 12.3. The molecule has 1 aromatic heterocycles. The molecule has 0 amide bonds. The van der Waals surface area contributed by atoms with Crippen LogP contribution in [0.5, 0.6) is 0 Å². The Morgan fingerprint density at radius 1 is 1.50 bits per heavy atom. The lowest BCUT2D eigenvalue weighted by atomic mass is 10.4. The van der Waals surface area contributed by atoms with Gasteiger partial charge in [0.1, 0.15) is 0 Å². The van der Waals surface area contributed by atoms with E-state index in [2.05, 4.69) is 10.3 Å². The van der Waals surface area contributed by atoms with E-state index in [1.54, 1.807) is 13.2 Å². The minimum Gasteiger partial charge on any atom is -0.383 e. The molecule has 0 fully saturated rings. The first-order valence-corrected chi connectivity index (χ1v) is 7.31. The van der Waals surface area contributed by atoms with E-state index in [9.17, 15) is 8.42 Å². The van der Waals surface area contributed by atoms with Crippen molar-refractivity contribution in [2.24, 2.45) is 0 Å². The van der Waals surface area contributed by atoms with Gasteiger partial charge < -0.3 is 15.0 Å². The molecule has 7 heteroatoms. The number of ether oxygens (including phenoxy) is 1. The maximum atomic E-state index is 12.3. The monoisotopic (exact) mass is 275 g/mol. The second kappa shape index (κ2) is 6.89. The summed E-state index contributed by atoms with van der Waals surface area (Å²) in [5.74, 6) is 0. The van der Waals surface area contributed by atoms with Gasteiger partial charge in [0.05, 0.1) is 11.5 Å². The van der Waals surface area contributed by atoms with E-state index in [1.165, 1.54) is 10.5 Å². The number of hydrogen-bond acceptors (Lipinski definition) is 4. The summed E-state index contributed by atoms with van der Waals surface area (Å²) in [4.78, 5) is 3.25. The Morgan fingerprint density at radius 3 is 2.78 bits per heavy atom. The van der Waals surface area contributed by atoms with E-state index in [0.717, 1.165) is 5.69 Å². The highest BCUT2D eigenvalue weighted by Gasteiger charge is 2.23. The van der Waals surface area contributed by atoms with Crippen LogP contribution >= 0.6 is 0 Å². The summed E-state index contributed by atoms with van der Waals surface area (Å²) in [5, 5.41) is 2.97. The summed E-state index contributed by atoms with van der Waals surface area (Å²) in [6, 6.07) is 1.65. The Balaban J connectivity index is 2.88. The SMILES string of the molecule is CCN(CCOC)S(=O)(=O)c1c[nH]c(CNC)c1. The van der Waals surface area contributed by atoms with Gasteiger partial charge in [0.25, 0.3) is 0 Å². The molecule has 0 atom stereocenters. The number of methoxy groups -OCH3 is 1. The third-order valence-corrected chi connectivity index (χ3v) is 4.57. The van der Waals surface area contributed by atoms with Gasteiger partial charge in [-0.25, -0.2) is 8.42 Å². The summed E-state index contributed by atoms with van der Waals surface area (Å²) in [7, 11) is -0.0578. The van der Waals surface area contributed by atoms with Gasteiger partial charge in [0, 0.05) is 38.6 Å². The van der Waals surface area contributed by atoms with E-state index in [0.29, 0.717) is 31.1 Å². The molecule has 1 heterocycles. The molecule has 0 radical (unpaired) electrons. The van der Waals surface area contributed by atoms with Gasteiger partial charge in [-0.1, -0.05) is 6.92 Å². The van der Waals surface area contributed by atoms with Crippen LogP contribution in [0, 0.1) is 0 Å². The summed E-state index contributed by atoms with van der Waals surface area (Å²) in [6.45, 7) is 3.61. The highest BCUT2D eigenvalue weighted by molar-refractivity contribution is 7.89. The average Bonchev–Trinajstić information content (AvgIpc) is 2.79. The van der Waals surface area contributed by atoms with Crippen molar-refractivity contribution in [3.05, 3.63) is 18.0 Å². The minimum atomic E-state index is -3.43. The number of hydrogen-bond donors (Lipinski definition) is 2. The molecule has 1 rings (SSSR count). The Kier molecular flexibility index (Phi) is 5.80. The van der Waals surface area contributed by atoms with Crippen molar-refractivity contribution in [3.8, 4) is 0 Å². The maximum Gasteiger partial charge on any atom is 0.244 e. The molecule has 0 bridgehead atoms. The van der Waals surface area contributed by atoms with E-state index in [4.69, 9.17) is 4.74 Å². The zero-order valence-corrected chi connectivity index (χ0v) is 11.9. The van der Waals surface area contributed by atoms with Crippen LogP contribution in [0.25, 0.3) is 0 Å². The third-order valence-electron chi connectivity index (χ3n) is 2.62. The minimum absolute atomic E-state index is 0.297. The van der Waals surface area contributed by atoms with Gasteiger partial charge in [0.2, 0.25) is 10.0 Å². The Bertz CT molecular complexity index is 456. The number of sulfonamides is 1. The summed E-state index contributed by atoms with van der Waals surface area (Å²) >= 11 is 0. The van der Waals surface area contributed by atoms with E-state index in [-0.39, 0.29) is 0 Å². The predicted octanol–water partition coefficient (Wildman–Crippen LogP) is 0.391. The first-order valence-electron chi connectivity index (χ1n) is 5.87. The van der Waals surface area contributed by atoms with Crippen molar-refractivity contribution in [3.63, 3.8) is 0 Å². The van der Waals surface area contributed by atoms with Crippen molar-refractivity contribution in [2.75, 3.05) is 33.9 Å². The molecule has 0 aromatic carbocycles. The number of nitrogens with one attached hydrogen (secondary N) is 2. The fourth-order valence-electron chi connectivity index (χ4n) is 1.65. The van der Waals surface area contributed by atoms with Crippen molar-refractivity contribution in [1.29, 1.82) is 0 Å². The number of likely N-dealkylation sites (N-methyl/N-ethyl adjacent to an activating group) is 1. The molecule has 2 N–H and O–H groups in total. The van der Waals surface area contributed by atoms with Crippen LogP contribution in [0.3, 0.4) is 0 Å². The van der Waals surface area contributed by atoms with Crippen molar-refractivity contribution in [2.45, 2.75) is 18.4 Å². The summed E-state index contributed by atoms with van der Waals surface area (Å²) < 4.78 is 31.0. The lowest BCUT2D eigenvalue weighted by molar-refractivity contribution is 0.180. The molecule has 1 aromatic rings. The molecule has 0 saturated carbocycles. The molecule has 0 aliphatic carbocycles. The van der Waals surface area contributed by atoms with Crippen LogP contribution in [0.4, 0.5) is 0 Å². The highest BCUT2D eigenvalue weighted by Crippen LogP contribution is 2.16. The molecule has 0 aliphatic rings. The molecule has 104 valence electrons. The first kappa shape index (κ1) is 15.2. The zero-order chi connectivity index (χ0) is 13.6. The van der Waals surface area contributed by atoms with Crippen LogP contribution in [-0.2, 0) is 21.3 Å². The lowest BCUT2D eigenvalue weighted by Crippen LogP contribution is -2.33. The molecule has 18 heavy (non-hydrogen) atoms. The third kappa shape index (κ3) is 3.55. The Morgan fingerprint density at radius 2 is 2.22 bits per heavy atom. The Hall–Kier alpha value is -0.890. The van der Waals surface area contributed by atoms with Crippen LogP contribution in [0.15, 0.2) is 17.2 Å². The largest absolute Gasteiger partial charge is 0.383 e. The normalized spacial score (nSPS) is 12.2. The van der Waals surface area contributed by atoms with Crippen molar-refractivity contribution < 1.29 is 13.2 Å². The van der Waals surface area contributed by atoms with E-state index >= 15 is 0 Å². The van der Waals surface area contributed by atoms with Crippen LogP contribution in [0.2, 0.25) is 0 Å². The topological polar surface area (TPSA) is 74.4 Å². The molecule has 0 saturated heterocycles. The quantitative estimate of drug-likeness (QED) is 0.720. The van der Waals surface area contributed by atoms with Gasteiger partial charge in [-0.2, -0.15) is 4.31 Å². The van der Waals surface area contributed by atoms with Gasteiger partial charge in [-0.3, -0.25) is 0 Å². The molecule has 0 aliphatic heterocycles. The number of H-pyrrole nitrogens is 1. The first-order chi connectivity index (χ1) is 8.56. The van der Waals surface area contributed by atoms with Gasteiger partial charge in [-0.15, -0.1) is 0 Å². The fourth-order valence-corrected chi connectivity index (χ4v) is 3.10. The van der Waals surface area contributed by atoms with Crippen LogP contribution in [-0.4, -0.2) is 51.6 Å². The lowest BCUT2D eigenvalue weighted by Gasteiger charge is -2.19. The summed E-state index contributed by atoms with van der Waals surface area (Å²) in [5.41, 5.74) is 0.846. The van der Waals surface area contributed by atoms with Crippen LogP contribution < -0.4 is 5.32 Å². The number of rotatable bonds is 8. The van der Waals surface area contributed by atoms with Gasteiger partial charge in [0.15, 0.2) is 0 Å². The van der Waals surface area contributed by atoms with Crippen LogP contribution in [0.1, 0.15) is 12.6 Å². The molecule has 6 nitrogen and oxygen atoms in total. The zero-order valence-electron chi connectivity index (χ0n) is 11.1. The Labute approximate surface area is 108 Å². The van der Waals surface area contributed by atoms with Gasteiger partial charge >= 0.3 is 0 Å². The second-order valence-corrected chi connectivity index (χ2v) is 5.82. The highest BCUT2D eigenvalue weighted by atomic mass is 32.2. The van der Waals surface area contributed by atoms with Gasteiger partial charge in [-0.05, 0) is 13.1 Å². The summed E-state index contributed by atoms with van der Waals surface area (Å²) in [6.07, 6.45) is 1.53. The van der Waals surface area contributed by atoms with E-state index < -0.39 is 10.0 Å². The predicted molar refractivity (Wildman–Crippen MR) is 69.9 cm³/mol. The number of aromatic nitrogens is 1. The molecular formula is C11H21N3O3S. The molecule has 0 spiro atoms. The van der Waals surface area contributed by atoms with Crippen molar-refractivity contribution in [1.82, 2.24) is 14.6 Å².